The number of alkyl halides is 3. The molecule has 0 aromatic heterocycles. The van der Waals surface area contributed by atoms with Crippen molar-refractivity contribution in [2.75, 3.05) is 0 Å². The lowest BCUT2D eigenvalue weighted by molar-refractivity contribution is -0.127. The quantitative estimate of drug-likeness (QED) is 0.787. The molecule has 1 unspecified atom stereocenters. The molecule has 29 heavy (non-hydrogen) atoms. The van der Waals surface area contributed by atoms with Gasteiger partial charge in [-0.3, -0.25) is 4.79 Å². The molecule has 1 aliphatic heterocycles. The summed E-state index contributed by atoms with van der Waals surface area (Å²) in [6.45, 7) is 3.71. The number of benzene rings is 2. The highest BCUT2D eigenvalue weighted by molar-refractivity contribution is 7.90. The average molecular weight is 429 g/mol. The molecule has 3 rings (SSSR count). The van der Waals surface area contributed by atoms with Crippen LogP contribution in [0.25, 0.3) is 0 Å². The Bertz CT molecular complexity index is 1020. The van der Waals surface area contributed by atoms with E-state index in [4.69, 9.17) is 9.47 Å². The molecule has 156 valence electrons. The van der Waals surface area contributed by atoms with E-state index in [0.717, 1.165) is 10.3 Å². The predicted octanol–water partition coefficient (Wildman–Crippen LogP) is 3.49. The Kier molecular flexibility index (Phi) is 5.24. The summed E-state index contributed by atoms with van der Waals surface area (Å²) in [7, 11) is -5.88. The van der Waals surface area contributed by atoms with E-state index < -0.39 is 33.1 Å². The lowest BCUT2D eigenvalue weighted by atomic mass is 10.0. The van der Waals surface area contributed by atoms with Crippen molar-refractivity contribution >= 4 is 15.9 Å². The highest BCUT2D eigenvalue weighted by Gasteiger charge is 2.48. The monoisotopic (exact) mass is 429 g/mol. The smallest absolute Gasteiger partial charge is 0.483 e. The number of fused-ring (bicyclic) bond motifs is 1. The predicted molar refractivity (Wildman–Crippen MR) is 97.8 cm³/mol. The van der Waals surface area contributed by atoms with Crippen molar-refractivity contribution in [3.8, 4) is 11.5 Å². The summed E-state index contributed by atoms with van der Waals surface area (Å²) >= 11 is 0. The number of rotatable bonds is 5. The van der Waals surface area contributed by atoms with E-state index in [9.17, 15) is 26.4 Å². The third kappa shape index (κ3) is 4.47. The minimum atomic E-state index is -5.88. The fourth-order valence-corrected chi connectivity index (χ4v) is 3.44. The lowest BCUT2D eigenvalue weighted by Crippen LogP contribution is -2.43. The fourth-order valence-electron chi connectivity index (χ4n) is 2.95. The number of hydrogen-bond donors (Lipinski definition) is 1. The molecular formula is C19H18F3NO5S. The molecule has 0 aliphatic carbocycles. The normalized spacial score (nSPS) is 16.4. The van der Waals surface area contributed by atoms with E-state index in [-0.39, 0.29) is 11.3 Å². The van der Waals surface area contributed by atoms with Gasteiger partial charge in [-0.05, 0) is 19.9 Å². The Morgan fingerprint density at radius 1 is 1.14 bits per heavy atom. The second-order valence-electron chi connectivity index (χ2n) is 7.11. The van der Waals surface area contributed by atoms with E-state index in [2.05, 4.69) is 0 Å². The first-order chi connectivity index (χ1) is 13.4. The molecular weight excluding hydrogens is 411 g/mol. The summed E-state index contributed by atoms with van der Waals surface area (Å²) in [6, 6.07) is 12.6. The standard InChI is InChI=1S/C19H18F3NO5S/c1-18(2)11-13-9-6-10-14(15(13)28-18)27-16(12-7-4-3-5-8-12)17(24)23-29(25,26)19(20,21)22/h3-10,16H,11H2,1-2H3,(H,23,24). The second kappa shape index (κ2) is 7.25. The number of para-hydroxylation sites is 1. The van der Waals surface area contributed by atoms with Gasteiger partial charge in [0.1, 0.15) is 5.60 Å². The van der Waals surface area contributed by atoms with Crippen LogP contribution in [0.2, 0.25) is 0 Å². The molecule has 0 spiro atoms. The van der Waals surface area contributed by atoms with Crippen molar-refractivity contribution < 1.29 is 35.9 Å². The molecule has 2 aromatic rings. The van der Waals surface area contributed by atoms with Crippen LogP contribution in [0.4, 0.5) is 13.2 Å². The Labute approximate surface area is 165 Å². The molecule has 2 aromatic carbocycles. The number of amides is 1. The molecule has 1 N–H and O–H groups in total. The average Bonchev–Trinajstić information content (AvgIpc) is 2.93. The minimum Gasteiger partial charge on any atom is -0.483 e. The van der Waals surface area contributed by atoms with Gasteiger partial charge in [0.15, 0.2) is 11.5 Å². The van der Waals surface area contributed by atoms with Gasteiger partial charge in [0.2, 0.25) is 6.10 Å². The van der Waals surface area contributed by atoms with Crippen molar-refractivity contribution in [3.05, 3.63) is 59.7 Å². The van der Waals surface area contributed by atoms with Gasteiger partial charge in [-0.1, -0.05) is 42.5 Å². The Morgan fingerprint density at radius 3 is 2.41 bits per heavy atom. The molecule has 1 aliphatic rings. The van der Waals surface area contributed by atoms with Crippen LogP contribution in [0.15, 0.2) is 48.5 Å². The number of carbonyl (C=O) groups excluding carboxylic acids is 1. The van der Waals surface area contributed by atoms with Crippen LogP contribution in [0.5, 0.6) is 11.5 Å². The zero-order valence-corrected chi connectivity index (χ0v) is 16.3. The molecule has 0 radical (unpaired) electrons. The van der Waals surface area contributed by atoms with E-state index in [1.54, 1.807) is 24.3 Å². The lowest BCUT2D eigenvalue weighted by Gasteiger charge is -2.22. The molecule has 1 atom stereocenters. The van der Waals surface area contributed by atoms with Crippen molar-refractivity contribution in [1.82, 2.24) is 4.72 Å². The fraction of sp³-hybridized carbons (Fsp3) is 0.316. The van der Waals surface area contributed by atoms with Crippen LogP contribution >= 0.6 is 0 Å². The van der Waals surface area contributed by atoms with Gasteiger partial charge in [0.25, 0.3) is 5.91 Å². The highest BCUT2D eigenvalue weighted by Crippen LogP contribution is 2.43. The van der Waals surface area contributed by atoms with Crippen LogP contribution in [-0.4, -0.2) is 25.4 Å². The molecule has 0 fully saturated rings. The van der Waals surface area contributed by atoms with Gasteiger partial charge < -0.3 is 9.47 Å². The molecule has 0 saturated carbocycles. The zero-order chi connectivity index (χ0) is 21.4. The van der Waals surface area contributed by atoms with E-state index in [1.807, 2.05) is 19.9 Å². The maximum absolute atomic E-state index is 12.7. The first-order valence-corrected chi connectivity index (χ1v) is 10.0. The van der Waals surface area contributed by atoms with Crippen LogP contribution in [-0.2, 0) is 21.2 Å². The minimum absolute atomic E-state index is 0.126. The molecule has 1 heterocycles. The molecule has 0 bridgehead atoms. The SMILES string of the molecule is CC1(C)Cc2cccc(OC(C(=O)NS(=O)(=O)C(F)(F)F)c3ccccc3)c2O1. The maximum Gasteiger partial charge on any atom is 0.516 e. The van der Waals surface area contributed by atoms with Crippen molar-refractivity contribution in [1.29, 1.82) is 0 Å². The summed E-state index contributed by atoms with van der Waals surface area (Å²) in [5.74, 6) is -0.977. The van der Waals surface area contributed by atoms with Gasteiger partial charge in [-0.15, -0.1) is 0 Å². The van der Waals surface area contributed by atoms with Crippen molar-refractivity contribution in [2.24, 2.45) is 0 Å². The summed E-state index contributed by atoms with van der Waals surface area (Å²) in [5.41, 5.74) is -5.17. The van der Waals surface area contributed by atoms with Gasteiger partial charge in [-0.2, -0.15) is 21.6 Å². The Balaban J connectivity index is 1.96. The second-order valence-corrected chi connectivity index (χ2v) is 8.78. The first-order valence-electron chi connectivity index (χ1n) is 8.55. The summed E-state index contributed by atoms with van der Waals surface area (Å²) in [4.78, 5) is 12.5. The summed E-state index contributed by atoms with van der Waals surface area (Å²) in [5, 5.41) is 0. The van der Waals surface area contributed by atoms with E-state index in [1.165, 1.54) is 18.2 Å². The van der Waals surface area contributed by atoms with E-state index >= 15 is 0 Å². The van der Waals surface area contributed by atoms with Gasteiger partial charge in [0, 0.05) is 17.5 Å². The molecule has 0 saturated heterocycles. The van der Waals surface area contributed by atoms with Crippen LogP contribution < -0.4 is 14.2 Å². The number of ether oxygens (including phenoxy) is 2. The number of halogens is 3. The first kappa shape index (κ1) is 21.0. The number of nitrogens with one attached hydrogen (secondary N) is 1. The van der Waals surface area contributed by atoms with Gasteiger partial charge in [-0.25, -0.2) is 4.72 Å². The van der Waals surface area contributed by atoms with Crippen molar-refractivity contribution in [3.63, 3.8) is 0 Å². The summed E-state index contributed by atoms with van der Waals surface area (Å²) in [6.07, 6.45) is -1.07. The van der Waals surface area contributed by atoms with Crippen LogP contribution in [0, 0.1) is 0 Å². The highest BCUT2D eigenvalue weighted by atomic mass is 32.2. The third-order valence-electron chi connectivity index (χ3n) is 4.18. The molecule has 6 nitrogen and oxygen atoms in total. The maximum atomic E-state index is 12.7. The molecule has 10 heteroatoms. The zero-order valence-electron chi connectivity index (χ0n) is 15.5. The number of carbonyl (C=O) groups is 1. The largest absolute Gasteiger partial charge is 0.516 e. The van der Waals surface area contributed by atoms with E-state index in [0.29, 0.717) is 12.2 Å². The van der Waals surface area contributed by atoms with Gasteiger partial charge in [0.05, 0.1) is 0 Å². The van der Waals surface area contributed by atoms with Crippen LogP contribution in [0.3, 0.4) is 0 Å². The third-order valence-corrected chi connectivity index (χ3v) is 5.26. The van der Waals surface area contributed by atoms with Crippen LogP contribution in [0.1, 0.15) is 31.1 Å². The molecule has 1 amide bonds. The van der Waals surface area contributed by atoms with Gasteiger partial charge >= 0.3 is 15.5 Å². The number of hydrogen-bond acceptors (Lipinski definition) is 5. The summed E-state index contributed by atoms with van der Waals surface area (Å²) < 4.78 is 73.4. The number of sulfonamides is 1. The Morgan fingerprint density at radius 2 is 1.79 bits per heavy atom. The Hall–Kier alpha value is -2.75. The van der Waals surface area contributed by atoms with Crippen molar-refractivity contribution in [2.45, 2.75) is 37.5 Å². The topological polar surface area (TPSA) is 81.7 Å².